The van der Waals surface area contributed by atoms with E-state index in [1.165, 1.54) is 16.2 Å². The van der Waals surface area contributed by atoms with E-state index in [0.29, 0.717) is 34.6 Å². The summed E-state index contributed by atoms with van der Waals surface area (Å²) < 4.78 is 11.0. The van der Waals surface area contributed by atoms with E-state index in [2.05, 4.69) is 5.32 Å². The van der Waals surface area contributed by atoms with Crippen LogP contribution in [0.15, 0.2) is 36.4 Å². The van der Waals surface area contributed by atoms with Crippen LogP contribution in [0.4, 0.5) is 16.2 Å². The van der Waals surface area contributed by atoms with E-state index in [0.717, 1.165) is 5.69 Å². The second-order valence-corrected chi connectivity index (χ2v) is 7.97. The van der Waals surface area contributed by atoms with Crippen molar-refractivity contribution in [2.24, 2.45) is 0 Å². The first-order valence-electron chi connectivity index (χ1n) is 8.62. The van der Waals surface area contributed by atoms with Gasteiger partial charge < -0.3 is 14.8 Å². The number of carbonyl (C=O) groups excluding carboxylic acids is 2. The van der Waals surface area contributed by atoms with Gasteiger partial charge in [-0.3, -0.25) is 20.0 Å². The third-order valence-corrected chi connectivity index (χ3v) is 5.66. The molecular formula is C18H18Cl2N4O4S. The first-order chi connectivity index (χ1) is 13.5. The van der Waals surface area contributed by atoms with Gasteiger partial charge in [0.05, 0.1) is 28.8 Å². The van der Waals surface area contributed by atoms with Crippen molar-refractivity contribution in [3.63, 3.8) is 0 Å². The van der Waals surface area contributed by atoms with Crippen LogP contribution in [0, 0.1) is 5.41 Å². The van der Waals surface area contributed by atoms with Gasteiger partial charge in [0.1, 0.15) is 12.7 Å². The lowest BCUT2D eigenvalue weighted by Crippen LogP contribution is -2.34. The van der Waals surface area contributed by atoms with Crippen LogP contribution in [0.5, 0.6) is 0 Å². The van der Waals surface area contributed by atoms with Crippen LogP contribution in [0.3, 0.4) is 0 Å². The summed E-state index contributed by atoms with van der Waals surface area (Å²) in [6.07, 6.45) is -0.893. The maximum absolute atomic E-state index is 12.2. The fraction of sp³-hybridized carbons (Fsp3) is 0.278. The molecule has 1 aromatic carbocycles. The molecule has 4 rings (SSSR count). The van der Waals surface area contributed by atoms with Gasteiger partial charge in [-0.25, -0.2) is 4.79 Å². The molecule has 0 unspecified atom stereocenters. The lowest BCUT2D eigenvalue weighted by atomic mass is 10.2. The standard InChI is InChI=1S/C18H17ClN4O4S.ClH/c19-15-6-5-14(28-15)16(24)21-9-13-10-23(18(25)27-13)12-3-1-11(2-4-12)22-7-8-26-17(22)20;/h1-6,13,20H,7-10H2,(H,21,24);1H/t13-;/m0./s1. The number of halogens is 2. The summed E-state index contributed by atoms with van der Waals surface area (Å²) in [7, 11) is 0. The Kier molecular flexibility index (Phi) is 6.51. The van der Waals surface area contributed by atoms with Crippen molar-refractivity contribution in [1.82, 2.24) is 5.32 Å². The molecule has 2 amide bonds. The SMILES string of the molecule is Cl.N=C1OCCN1c1ccc(N2C[C@H](CNC(=O)c3ccc(Cl)s3)OC2=O)cc1. The molecule has 2 aliphatic heterocycles. The molecule has 0 radical (unpaired) electrons. The normalized spacial score (nSPS) is 18.3. The van der Waals surface area contributed by atoms with Crippen LogP contribution < -0.4 is 15.1 Å². The summed E-state index contributed by atoms with van der Waals surface area (Å²) in [4.78, 5) is 28.1. The van der Waals surface area contributed by atoms with E-state index >= 15 is 0 Å². The molecule has 8 nitrogen and oxygen atoms in total. The fourth-order valence-electron chi connectivity index (χ4n) is 3.04. The van der Waals surface area contributed by atoms with Gasteiger partial charge in [-0.05, 0) is 36.4 Å². The molecule has 2 saturated heterocycles. The van der Waals surface area contributed by atoms with Crippen molar-refractivity contribution in [3.8, 4) is 0 Å². The van der Waals surface area contributed by atoms with E-state index in [1.54, 1.807) is 29.2 Å². The molecule has 3 heterocycles. The Morgan fingerprint density at radius 3 is 2.48 bits per heavy atom. The largest absolute Gasteiger partial charge is 0.463 e. The molecule has 0 aliphatic carbocycles. The van der Waals surface area contributed by atoms with Crippen LogP contribution in [0.1, 0.15) is 9.67 Å². The number of cyclic esters (lactones) is 1. The number of hydrogen-bond donors (Lipinski definition) is 2. The van der Waals surface area contributed by atoms with E-state index in [9.17, 15) is 9.59 Å². The van der Waals surface area contributed by atoms with Gasteiger partial charge in [-0.15, -0.1) is 23.7 Å². The number of rotatable bonds is 5. The Morgan fingerprint density at radius 2 is 1.90 bits per heavy atom. The molecule has 11 heteroatoms. The minimum Gasteiger partial charge on any atom is -0.463 e. The van der Waals surface area contributed by atoms with E-state index < -0.39 is 12.2 Å². The smallest absolute Gasteiger partial charge is 0.414 e. The second kappa shape index (κ2) is 8.89. The van der Waals surface area contributed by atoms with Crippen molar-refractivity contribution in [3.05, 3.63) is 45.6 Å². The van der Waals surface area contributed by atoms with Crippen molar-refractivity contribution in [2.75, 3.05) is 36.0 Å². The highest BCUT2D eigenvalue weighted by atomic mass is 35.5. The highest BCUT2D eigenvalue weighted by molar-refractivity contribution is 7.18. The summed E-state index contributed by atoms with van der Waals surface area (Å²) in [6.45, 7) is 1.68. The molecule has 1 aromatic heterocycles. The first-order valence-corrected chi connectivity index (χ1v) is 9.81. The van der Waals surface area contributed by atoms with Crippen LogP contribution in [-0.2, 0) is 9.47 Å². The van der Waals surface area contributed by atoms with Crippen LogP contribution >= 0.6 is 35.3 Å². The Balaban J connectivity index is 0.00000240. The van der Waals surface area contributed by atoms with Crippen LogP contribution in [-0.4, -0.2) is 50.4 Å². The molecule has 2 aliphatic rings. The maximum Gasteiger partial charge on any atom is 0.414 e. The third kappa shape index (κ3) is 4.58. The van der Waals surface area contributed by atoms with E-state index in [4.69, 9.17) is 26.5 Å². The monoisotopic (exact) mass is 456 g/mol. The maximum atomic E-state index is 12.2. The van der Waals surface area contributed by atoms with Gasteiger partial charge in [0.2, 0.25) is 0 Å². The van der Waals surface area contributed by atoms with Crippen LogP contribution in [0.2, 0.25) is 4.34 Å². The molecule has 2 N–H and O–H groups in total. The number of anilines is 2. The predicted molar refractivity (Wildman–Crippen MR) is 114 cm³/mol. The quantitative estimate of drug-likeness (QED) is 0.718. The van der Waals surface area contributed by atoms with Gasteiger partial charge in [0.25, 0.3) is 11.9 Å². The molecule has 0 spiro atoms. The fourth-order valence-corrected chi connectivity index (χ4v) is 4.00. The topological polar surface area (TPSA) is 95.0 Å². The summed E-state index contributed by atoms with van der Waals surface area (Å²) in [5.41, 5.74) is 1.52. The van der Waals surface area contributed by atoms with Crippen molar-refractivity contribution < 1.29 is 19.1 Å². The number of carbonyl (C=O) groups is 2. The summed E-state index contributed by atoms with van der Waals surface area (Å²) in [5, 5.41) is 10.5. The Hall–Kier alpha value is -2.49. The number of nitrogens with one attached hydrogen (secondary N) is 2. The van der Waals surface area contributed by atoms with Gasteiger partial charge in [0, 0.05) is 11.4 Å². The van der Waals surface area contributed by atoms with Crippen molar-refractivity contribution in [2.45, 2.75) is 6.10 Å². The number of ether oxygens (including phenoxy) is 2. The summed E-state index contributed by atoms with van der Waals surface area (Å²) >= 11 is 7.03. The minimum absolute atomic E-state index is 0. The number of benzene rings is 1. The second-order valence-electron chi connectivity index (χ2n) is 6.25. The Bertz CT molecular complexity index is 921. The Morgan fingerprint density at radius 1 is 1.21 bits per heavy atom. The lowest BCUT2D eigenvalue weighted by Gasteiger charge is -2.17. The van der Waals surface area contributed by atoms with Gasteiger partial charge in [-0.1, -0.05) is 11.6 Å². The highest BCUT2D eigenvalue weighted by Gasteiger charge is 2.33. The number of amides is 2. The molecule has 154 valence electrons. The van der Waals surface area contributed by atoms with E-state index in [-0.39, 0.29) is 30.9 Å². The number of thiophene rings is 1. The van der Waals surface area contributed by atoms with Gasteiger partial charge in [0.15, 0.2) is 0 Å². The molecule has 2 aromatic rings. The van der Waals surface area contributed by atoms with Crippen LogP contribution in [0.25, 0.3) is 0 Å². The zero-order valence-corrected chi connectivity index (χ0v) is 17.5. The lowest BCUT2D eigenvalue weighted by molar-refractivity contribution is 0.0920. The zero-order chi connectivity index (χ0) is 19.7. The zero-order valence-electron chi connectivity index (χ0n) is 15.1. The average Bonchev–Trinajstić information content (AvgIpc) is 3.40. The highest BCUT2D eigenvalue weighted by Crippen LogP contribution is 2.26. The van der Waals surface area contributed by atoms with E-state index in [1.807, 2.05) is 12.1 Å². The predicted octanol–water partition coefficient (Wildman–Crippen LogP) is 3.35. The minimum atomic E-state index is -0.455. The molecular weight excluding hydrogens is 439 g/mol. The number of amidine groups is 1. The summed E-state index contributed by atoms with van der Waals surface area (Å²) in [5.74, 6) is -0.244. The molecule has 1 atom stereocenters. The third-order valence-electron chi connectivity index (χ3n) is 4.43. The molecule has 29 heavy (non-hydrogen) atoms. The Labute approximate surface area is 182 Å². The molecule has 0 saturated carbocycles. The average molecular weight is 457 g/mol. The number of nitrogens with zero attached hydrogens (tertiary/aromatic N) is 2. The van der Waals surface area contributed by atoms with Crippen molar-refractivity contribution >= 4 is 64.7 Å². The first kappa shape index (κ1) is 21.2. The van der Waals surface area contributed by atoms with Gasteiger partial charge in [-0.2, -0.15) is 0 Å². The molecule has 2 fully saturated rings. The molecule has 0 bridgehead atoms. The number of hydrogen-bond acceptors (Lipinski definition) is 6. The summed E-state index contributed by atoms with van der Waals surface area (Å²) in [6, 6.07) is 10.7. The van der Waals surface area contributed by atoms with Gasteiger partial charge >= 0.3 is 6.09 Å². The van der Waals surface area contributed by atoms with Crippen molar-refractivity contribution in [1.29, 1.82) is 5.41 Å².